The average molecular weight is 313 g/mol. The van der Waals surface area contributed by atoms with E-state index in [9.17, 15) is 18.0 Å². The van der Waals surface area contributed by atoms with Crippen molar-refractivity contribution in [1.82, 2.24) is 10.1 Å². The zero-order valence-electron chi connectivity index (χ0n) is 11.7. The van der Waals surface area contributed by atoms with E-state index in [-0.39, 0.29) is 17.6 Å². The van der Waals surface area contributed by atoms with Gasteiger partial charge in [0.05, 0.1) is 0 Å². The van der Waals surface area contributed by atoms with Crippen LogP contribution in [0.1, 0.15) is 24.8 Å². The van der Waals surface area contributed by atoms with E-state index in [2.05, 4.69) is 14.7 Å². The number of alkyl halides is 3. The zero-order chi connectivity index (χ0) is 16.3. The van der Waals surface area contributed by atoms with Crippen LogP contribution in [0.4, 0.5) is 13.2 Å². The first-order chi connectivity index (χ1) is 10.3. The van der Waals surface area contributed by atoms with E-state index in [1.807, 2.05) is 6.92 Å². The lowest BCUT2D eigenvalue weighted by Crippen LogP contribution is -2.24. The Kier molecular flexibility index (Phi) is 4.48. The van der Waals surface area contributed by atoms with E-state index in [1.54, 1.807) is 24.3 Å². The largest absolute Gasteiger partial charge is 0.471 e. The fourth-order valence-corrected chi connectivity index (χ4v) is 1.98. The van der Waals surface area contributed by atoms with Crippen molar-refractivity contribution in [3.8, 4) is 11.4 Å². The topological polar surface area (TPSA) is 82.0 Å². The van der Waals surface area contributed by atoms with Crippen molar-refractivity contribution in [1.29, 1.82) is 0 Å². The molecule has 1 aromatic heterocycles. The van der Waals surface area contributed by atoms with Crippen LogP contribution >= 0.6 is 0 Å². The van der Waals surface area contributed by atoms with Crippen molar-refractivity contribution in [2.45, 2.75) is 25.9 Å². The Morgan fingerprint density at radius 2 is 1.95 bits per heavy atom. The second-order valence-corrected chi connectivity index (χ2v) is 4.83. The standard InChI is InChI=1S/C14H14F3N3O2/c1-2-9(11(18)21)7-8-3-5-10(6-4-8)12-19-13(22-20-12)14(15,16)17/h3-6,9H,2,7H2,1H3,(H2,18,21). The minimum atomic E-state index is -4.67. The first-order valence-corrected chi connectivity index (χ1v) is 6.60. The van der Waals surface area contributed by atoms with Gasteiger partial charge in [-0.3, -0.25) is 4.79 Å². The summed E-state index contributed by atoms with van der Waals surface area (Å²) in [5.41, 5.74) is 6.54. The number of benzene rings is 1. The third-order valence-corrected chi connectivity index (χ3v) is 3.26. The summed E-state index contributed by atoms with van der Waals surface area (Å²) in [7, 11) is 0. The summed E-state index contributed by atoms with van der Waals surface area (Å²) in [6.07, 6.45) is -3.57. The number of carbonyl (C=O) groups is 1. The number of primary amides is 1. The molecule has 0 bridgehead atoms. The van der Waals surface area contributed by atoms with Crippen LogP contribution in [0.5, 0.6) is 0 Å². The molecule has 2 rings (SSSR count). The van der Waals surface area contributed by atoms with Gasteiger partial charge in [-0.25, -0.2) is 0 Å². The molecular weight excluding hydrogens is 299 g/mol. The van der Waals surface area contributed by atoms with Gasteiger partial charge in [0.1, 0.15) is 0 Å². The number of carbonyl (C=O) groups excluding carboxylic acids is 1. The van der Waals surface area contributed by atoms with Gasteiger partial charge in [-0.1, -0.05) is 36.3 Å². The van der Waals surface area contributed by atoms with Gasteiger partial charge in [-0.2, -0.15) is 18.2 Å². The van der Waals surface area contributed by atoms with Gasteiger partial charge in [0.15, 0.2) is 0 Å². The van der Waals surface area contributed by atoms with Crippen LogP contribution in [0.3, 0.4) is 0 Å². The number of nitrogens with two attached hydrogens (primary N) is 1. The average Bonchev–Trinajstić information content (AvgIpc) is 2.95. The van der Waals surface area contributed by atoms with Gasteiger partial charge in [0, 0.05) is 11.5 Å². The van der Waals surface area contributed by atoms with Gasteiger partial charge in [0.25, 0.3) is 0 Å². The van der Waals surface area contributed by atoms with Crippen molar-refractivity contribution in [2.75, 3.05) is 0 Å². The Balaban J connectivity index is 2.15. The minimum Gasteiger partial charge on any atom is -0.369 e. The van der Waals surface area contributed by atoms with Gasteiger partial charge in [0.2, 0.25) is 11.7 Å². The van der Waals surface area contributed by atoms with E-state index >= 15 is 0 Å². The van der Waals surface area contributed by atoms with Crippen molar-refractivity contribution >= 4 is 5.91 Å². The van der Waals surface area contributed by atoms with Crippen molar-refractivity contribution < 1.29 is 22.5 Å². The lowest BCUT2D eigenvalue weighted by atomic mass is 9.96. The lowest BCUT2D eigenvalue weighted by molar-refractivity contribution is -0.159. The fourth-order valence-electron chi connectivity index (χ4n) is 1.98. The quantitative estimate of drug-likeness (QED) is 0.920. The maximum Gasteiger partial charge on any atom is 0.471 e. The maximum atomic E-state index is 12.4. The van der Waals surface area contributed by atoms with Crippen LogP contribution in [0, 0.1) is 5.92 Å². The summed E-state index contributed by atoms with van der Waals surface area (Å²) in [6, 6.07) is 6.55. The molecule has 2 aromatic rings. The number of halogens is 3. The summed E-state index contributed by atoms with van der Waals surface area (Å²) in [5.74, 6) is -2.17. The smallest absolute Gasteiger partial charge is 0.369 e. The number of aromatic nitrogens is 2. The molecule has 22 heavy (non-hydrogen) atoms. The highest BCUT2D eigenvalue weighted by Gasteiger charge is 2.38. The zero-order valence-corrected chi connectivity index (χ0v) is 11.7. The maximum absolute atomic E-state index is 12.4. The number of hydrogen-bond acceptors (Lipinski definition) is 4. The van der Waals surface area contributed by atoms with Crippen LogP contribution in [-0.2, 0) is 17.4 Å². The molecule has 0 saturated heterocycles. The monoisotopic (exact) mass is 313 g/mol. The molecule has 1 amide bonds. The van der Waals surface area contributed by atoms with Crippen LogP contribution in [0.15, 0.2) is 28.8 Å². The summed E-state index contributed by atoms with van der Waals surface area (Å²) >= 11 is 0. The molecule has 118 valence electrons. The van der Waals surface area contributed by atoms with Crippen molar-refractivity contribution in [3.63, 3.8) is 0 Å². The molecule has 8 heteroatoms. The summed E-state index contributed by atoms with van der Waals surface area (Å²) in [4.78, 5) is 14.5. The van der Waals surface area contributed by atoms with Gasteiger partial charge in [-0.05, 0) is 18.4 Å². The molecule has 0 aliphatic carbocycles. The Bertz CT molecular complexity index is 650. The molecule has 0 spiro atoms. The molecular formula is C14H14F3N3O2. The highest BCUT2D eigenvalue weighted by molar-refractivity contribution is 5.76. The molecule has 0 radical (unpaired) electrons. The normalized spacial score (nSPS) is 13.1. The molecule has 1 heterocycles. The second kappa shape index (κ2) is 6.17. The first-order valence-electron chi connectivity index (χ1n) is 6.60. The SMILES string of the molecule is CCC(Cc1ccc(-c2noc(C(F)(F)F)n2)cc1)C(N)=O. The van der Waals surface area contributed by atoms with Crippen LogP contribution in [0.2, 0.25) is 0 Å². The van der Waals surface area contributed by atoms with Gasteiger partial charge in [-0.15, -0.1) is 0 Å². The molecule has 0 fully saturated rings. The van der Waals surface area contributed by atoms with Crippen LogP contribution in [-0.4, -0.2) is 16.0 Å². The molecule has 0 aliphatic rings. The Morgan fingerprint density at radius 1 is 1.32 bits per heavy atom. The predicted octanol–water partition coefficient (Wildman–Crippen LogP) is 2.81. The summed E-state index contributed by atoms with van der Waals surface area (Å²) in [5, 5.41) is 3.31. The molecule has 2 N–H and O–H groups in total. The highest BCUT2D eigenvalue weighted by Crippen LogP contribution is 2.29. The van der Waals surface area contributed by atoms with Crippen LogP contribution < -0.4 is 5.73 Å². The van der Waals surface area contributed by atoms with E-state index < -0.39 is 12.1 Å². The minimum absolute atomic E-state index is 0.138. The molecule has 0 aliphatic heterocycles. The number of hydrogen-bond donors (Lipinski definition) is 1. The first kappa shape index (κ1) is 16.0. The Labute approximate surface area is 124 Å². The fraction of sp³-hybridized carbons (Fsp3) is 0.357. The van der Waals surface area contributed by atoms with E-state index in [1.165, 1.54) is 0 Å². The van der Waals surface area contributed by atoms with Gasteiger partial charge >= 0.3 is 12.1 Å². The van der Waals surface area contributed by atoms with E-state index in [0.717, 1.165) is 5.56 Å². The molecule has 5 nitrogen and oxygen atoms in total. The molecule has 1 atom stereocenters. The van der Waals surface area contributed by atoms with E-state index in [4.69, 9.17) is 5.73 Å². The number of rotatable bonds is 5. The summed E-state index contributed by atoms with van der Waals surface area (Å²) in [6.45, 7) is 1.86. The number of nitrogens with zero attached hydrogens (tertiary/aromatic N) is 2. The predicted molar refractivity (Wildman–Crippen MR) is 71.4 cm³/mol. The van der Waals surface area contributed by atoms with Crippen molar-refractivity contribution in [3.05, 3.63) is 35.7 Å². The molecule has 1 unspecified atom stereocenters. The highest BCUT2D eigenvalue weighted by atomic mass is 19.4. The van der Waals surface area contributed by atoms with Gasteiger partial charge < -0.3 is 10.3 Å². The molecule has 0 saturated carbocycles. The second-order valence-electron chi connectivity index (χ2n) is 4.83. The Morgan fingerprint density at radius 3 is 2.41 bits per heavy atom. The van der Waals surface area contributed by atoms with Crippen LogP contribution in [0.25, 0.3) is 11.4 Å². The molecule has 1 aromatic carbocycles. The lowest BCUT2D eigenvalue weighted by Gasteiger charge is -2.10. The third kappa shape index (κ3) is 3.63. The van der Waals surface area contributed by atoms with Crippen molar-refractivity contribution in [2.24, 2.45) is 11.7 Å². The number of amides is 1. The summed E-state index contributed by atoms with van der Waals surface area (Å²) < 4.78 is 41.4. The third-order valence-electron chi connectivity index (χ3n) is 3.26. The Hall–Kier alpha value is -2.38. The van der Waals surface area contributed by atoms with E-state index in [0.29, 0.717) is 18.4 Å².